The smallest absolute Gasteiger partial charge is 0.255 e. The molecule has 31 heavy (non-hydrogen) atoms. The molecule has 1 aromatic heterocycles. The molecular weight excluding hydrogens is 388 g/mol. The lowest BCUT2D eigenvalue weighted by Crippen LogP contribution is -2.18. The number of rotatable bonds is 8. The van der Waals surface area contributed by atoms with Crippen molar-refractivity contribution in [2.45, 2.75) is 26.7 Å². The molecule has 1 heterocycles. The zero-order chi connectivity index (χ0) is 22.2. The van der Waals surface area contributed by atoms with E-state index in [1.54, 1.807) is 36.5 Å². The maximum atomic E-state index is 12.7. The Morgan fingerprint density at radius 2 is 1.97 bits per heavy atom. The monoisotopic (exact) mass is 414 g/mol. The number of carbonyl (C=O) groups excluding carboxylic acids is 1. The van der Waals surface area contributed by atoms with E-state index in [2.05, 4.69) is 35.2 Å². The highest BCUT2D eigenvalue weighted by Crippen LogP contribution is 2.27. The number of benzene rings is 2. The molecule has 0 spiro atoms. The van der Waals surface area contributed by atoms with Crippen molar-refractivity contribution in [2.75, 3.05) is 23.8 Å². The number of aromatic nitrogens is 1. The van der Waals surface area contributed by atoms with Crippen molar-refractivity contribution < 1.29 is 9.53 Å². The van der Waals surface area contributed by atoms with Crippen LogP contribution >= 0.6 is 0 Å². The van der Waals surface area contributed by atoms with Gasteiger partial charge in [0.15, 0.2) is 0 Å². The molecule has 0 atom stereocenters. The van der Waals surface area contributed by atoms with E-state index in [1.807, 2.05) is 31.2 Å². The fraction of sp³-hybridized carbons (Fsp3) is 0.240. The maximum Gasteiger partial charge on any atom is 0.255 e. The number of hydrogen-bond acceptors (Lipinski definition) is 5. The van der Waals surface area contributed by atoms with Crippen LogP contribution in [0.5, 0.6) is 11.6 Å². The van der Waals surface area contributed by atoms with Crippen LogP contribution in [0.1, 0.15) is 41.3 Å². The number of pyridine rings is 1. The van der Waals surface area contributed by atoms with Crippen molar-refractivity contribution in [1.29, 1.82) is 5.26 Å². The molecule has 1 N–H and O–H groups in total. The van der Waals surface area contributed by atoms with Crippen molar-refractivity contribution in [2.24, 2.45) is 0 Å². The van der Waals surface area contributed by atoms with Gasteiger partial charge in [0.05, 0.1) is 0 Å². The summed E-state index contributed by atoms with van der Waals surface area (Å²) in [7, 11) is 2.06. The van der Waals surface area contributed by atoms with Gasteiger partial charge < -0.3 is 15.0 Å². The quantitative estimate of drug-likeness (QED) is 0.523. The third-order valence-electron chi connectivity index (χ3n) is 4.97. The predicted molar refractivity (Wildman–Crippen MR) is 123 cm³/mol. The molecule has 0 radical (unpaired) electrons. The standard InChI is InChI=1S/C25H26N4O2/c1-4-5-15-29(3)21-10-8-19(9-11-21)24(30)28-23-13-12-22(16-18(23)2)31-25-20(17-26)7-6-14-27-25/h6-14,16H,4-5,15H2,1-3H3,(H,28,30). The minimum atomic E-state index is -0.170. The molecule has 1 amide bonds. The van der Waals surface area contributed by atoms with Crippen molar-refractivity contribution >= 4 is 17.3 Å². The highest BCUT2D eigenvalue weighted by atomic mass is 16.5. The molecule has 0 aliphatic carbocycles. The van der Waals surface area contributed by atoms with Crippen LogP contribution in [0, 0.1) is 18.3 Å². The van der Waals surface area contributed by atoms with Gasteiger partial charge in [-0.1, -0.05) is 13.3 Å². The Kier molecular flexibility index (Phi) is 7.23. The Hall–Kier alpha value is -3.85. The highest BCUT2D eigenvalue weighted by molar-refractivity contribution is 6.04. The number of carbonyl (C=O) groups is 1. The third kappa shape index (κ3) is 5.61. The van der Waals surface area contributed by atoms with E-state index in [-0.39, 0.29) is 11.8 Å². The van der Waals surface area contributed by atoms with Gasteiger partial charge >= 0.3 is 0 Å². The lowest BCUT2D eigenvalue weighted by atomic mass is 10.1. The van der Waals surface area contributed by atoms with Gasteiger partial charge in [-0.05, 0) is 73.5 Å². The number of nitrogens with one attached hydrogen (secondary N) is 1. The summed E-state index contributed by atoms with van der Waals surface area (Å²) in [6.07, 6.45) is 3.86. The second kappa shape index (κ2) is 10.3. The van der Waals surface area contributed by atoms with E-state index >= 15 is 0 Å². The van der Waals surface area contributed by atoms with Gasteiger partial charge in [0, 0.05) is 36.7 Å². The summed E-state index contributed by atoms with van der Waals surface area (Å²) in [5.74, 6) is 0.631. The predicted octanol–water partition coefficient (Wildman–Crippen LogP) is 5.54. The van der Waals surface area contributed by atoms with Crippen molar-refractivity contribution in [3.8, 4) is 17.7 Å². The van der Waals surface area contributed by atoms with Crippen molar-refractivity contribution in [1.82, 2.24) is 4.98 Å². The number of anilines is 2. The van der Waals surface area contributed by atoms with Gasteiger partial charge in [-0.3, -0.25) is 4.79 Å². The number of hydrogen-bond donors (Lipinski definition) is 1. The van der Waals surface area contributed by atoms with E-state index < -0.39 is 0 Å². The summed E-state index contributed by atoms with van der Waals surface area (Å²) >= 11 is 0. The first-order valence-corrected chi connectivity index (χ1v) is 10.3. The average molecular weight is 415 g/mol. The van der Waals surface area contributed by atoms with Crippen LogP contribution in [-0.2, 0) is 0 Å². The normalized spacial score (nSPS) is 10.3. The van der Waals surface area contributed by atoms with Crippen molar-refractivity contribution in [3.63, 3.8) is 0 Å². The third-order valence-corrected chi connectivity index (χ3v) is 4.97. The average Bonchev–Trinajstić information content (AvgIpc) is 2.79. The second-order valence-corrected chi connectivity index (χ2v) is 7.32. The maximum absolute atomic E-state index is 12.7. The Balaban J connectivity index is 1.67. The zero-order valence-electron chi connectivity index (χ0n) is 18.1. The van der Waals surface area contributed by atoms with E-state index in [0.29, 0.717) is 22.6 Å². The molecule has 0 bridgehead atoms. The summed E-state index contributed by atoms with van der Waals surface area (Å²) in [6.45, 7) is 5.05. The van der Waals surface area contributed by atoms with Crippen LogP contribution in [0.2, 0.25) is 0 Å². The summed E-state index contributed by atoms with van der Waals surface area (Å²) < 4.78 is 5.74. The van der Waals surface area contributed by atoms with Gasteiger partial charge in [0.1, 0.15) is 17.4 Å². The Morgan fingerprint density at radius 1 is 1.19 bits per heavy atom. The summed E-state index contributed by atoms with van der Waals surface area (Å²) in [4.78, 5) is 19.0. The fourth-order valence-electron chi connectivity index (χ4n) is 3.09. The Labute approximate surface area is 183 Å². The van der Waals surface area contributed by atoms with Crippen molar-refractivity contribution in [3.05, 3.63) is 77.5 Å². The largest absolute Gasteiger partial charge is 0.438 e. The topological polar surface area (TPSA) is 78.2 Å². The van der Waals surface area contributed by atoms with Gasteiger partial charge in [-0.25, -0.2) is 4.98 Å². The summed E-state index contributed by atoms with van der Waals surface area (Å²) in [5.41, 5.74) is 3.59. The van der Waals surface area contributed by atoms with Gasteiger partial charge in [-0.15, -0.1) is 0 Å². The minimum Gasteiger partial charge on any atom is -0.438 e. The fourth-order valence-corrected chi connectivity index (χ4v) is 3.09. The van der Waals surface area contributed by atoms with Crippen LogP contribution in [0.15, 0.2) is 60.8 Å². The highest BCUT2D eigenvalue weighted by Gasteiger charge is 2.11. The molecule has 0 aliphatic heterocycles. The molecule has 0 aliphatic rings. The first-order chi connectivity index (χ1) is 15.0. The number of ether oxygens (including phenoxy) is 1. The summed E-state index contributed by atoms with van der Waals surface area (Å²) in [6, 6.07) is 18.3. The molecule has 2 aromatic carbocycles. The lowest BCUT2D eigenvalue weighted by molar-refractivity contribution is 0.102. The van der Waals surface area contributed by atoms with E-state index in [9.17, 15) is 4.79 Å². The van der Waals surface area contributed by atoms with Gasteiger partial charge in [0.2, 0.25) is 5.88 Å². The molecule has 158 valence electrons. The Bertz CT molecular complexity index is 1090. The molecule has 6 nitrogen and oxygen atoms in total. The van der Waals surface area contributed by atoms with Crippen LogP contribution < -0.4 is 15.0 Å². The SMILES string of the molecule is CCCCN(C)c1ccc(C(=O)Nc2ccc(Oc3ncccc3C#N)cc2C)cc1. The van der Waals surface area contributed by atoms with E-state index in [4.69, 9.17) is 10.00 Å². The second-order valence-electron chi connectivity index (χ2n) is 7.32. The molecule has 0 saturated carbocycles. The number of unbranched alkanes of at least 4 members (excludes halogenated alkanes) is 1. The Morgan fingerprint density at radius 3 is 2.65 bits per heavy atom. The van der Waals surface area contributed by atoms with Gasteiger partial charge in [-0.2, -0.15) is 5.26 Å². The number of aryl methyl sites for hydroxylation is 1. The first-order valence-electron chi connectivity index (χ1n) is 10.3. The van der Waals surface area contributed by atoms with E-state index in [1.165, 1.54) is 0 Å². The minimum absolute atomic E-state index is 0.170. The molecule has 0 saturated heterocycles. The lowest BCUT2D eigenvalue weighted by Gasteiger charge is -2.19. The molecule has 6 heteroatoms. The van der Waals surface area contributed by atoms with Gasteiger partial charge in [0.25, 0.3) is 5.91 Å². The van der Waals surface area contributed by atoms with E-state index in [0.717, 1.165) is 30.6 Å². The van der Waals surface area contributed by atoms with Crippen LogP contribution in [-0.4, -0.2) is 24.5 Å². The van der Waals surface area contributed by atoms with Crippen LogP contribution in [0.4, 0.5) is 11.4 Å². The molecule has 3 aromatic rings. The van der Waals surface area contributed by atoms with Crippen LogP contribution in [0.3, 0.4) is 0 Å². The zero-order valence-corrected chi connectivity index (χ0v) is 18.1. The molecule has 3 rings (SSSR count). The molecule has 0 unspecified atom stereocenters. The first kappa shape index (κ1) is 21.8. The number of nitrogens with zero attached hydrogens (tertiary/aromatic N) is 3. The molecular formula is C25H26N4O2. The number of nitriles is 1. The summed E-state index contributed by atoms with van der Waals surface area (Å²) in [5, 5.41) is 12.1. The van der Waals surface area contributed by atoms with Crippen LogP contribution in [0.25, 0.3) is 0 Å². The molecule has 0 fully saturated rings. The number of amides is 1.